The van der Waals surface area contributed by atoms with Crippen LogP contribution in [0.1, 0.15) is 17.2 Å². The summed E-state index contributed by atoms with van der Waals surface area (Å²) in [5, 5.41) is 3.43. The molecule has 1 heterocycles. The van der Waals surface area contributed by atoms with Gasteiger partial charge in [0.05, 0.1) is 20.3 Å². The number of rotatable bonds is 5. The molecule has 0 aromatic heterocycles. The van der Waals surface area contributed by atoms with Crippen molar-refractivity contribution in [2.45, 2.75) is 6.04 Å². The van der Waals surface area contributed by atoms with E-state index in [1.807, 2.05) is 12.1 Å². The van der Waals surface area contributed by atoms with Gasteiger partial charge in [0.25, 0.3) is 0 Å². The average Bonchev–Trinajstić information content (AvgIpc) is 2.63. The first kappa shape index (κ1) is 17.3. The molecule has 1 fully saturated rings. The Bertz CT molecular complexity index is 687. The lowest BCUT2D eigenvalue weighted by Gasteiger charge is -2.36. The Labute approximate surface area is 151 Å². The molecular weight excluding hydrogens is 368 g/mol. The minimum atomic E-state index is 0.158. The van der Waals surface area contributed by atoms with Gasteiger partial charge in [-0.1, -0.05) is 28.1 Å². The van der Waals surface area contributed by atoms with E-state index in [9.17, 15) is 0 Å². The van der Waals surface area contributed by atoms with Gasteiger partial charge in [0.1, 0.15) is 11.5 Å². The molecule has 1 saturated heterocycles. The van der Waals surface area contributed by atoms with Crippen LogP contribution in [0.3, 0.4) is 0 Å². The molecule has 1 atom stereocenters. The lowest BCUT2D eigenvalue weighted by atomic mass is 9.95. The molecule has 2 aromatic carbocycles. The van der Waals surface area contributed by atoms with Crippen LogP contribution in [-0.2, 0) is 0 Å². The van der Waals surface area contributed by atoms with Crippen molar-refractivity contribution in [1.29, 1.82) is 0 Å². The Hall–Kier alpha value is -1.56. The zero-order valence-electron chi connectivity index (χ0n) is 14.1. The van der Waals surface area contributed by atoms with E-state index < -0.39 is 0 Å². The van der Waals surface area contributed by atoms with Crippen LogP contribution in [0.2, 0.25) is 0 Å². The molecule has 2 aromatic rings. The van der Waals surface area contributed by atoms with Crippen molar-refractivity contribution < 1.29 is 9.47 Å². The fraction of sp³-hybridized carbons (Fsp3) is 0.368. The molecular formula is C19H23BrN2O2. The summed E-state index contributed by atoms with van der Waals surface area (Å²) in [6.45, 7) is 4.02. The molecule has 5 heteroatoms. The Morgan fingerprint density at radius 2 is 1.83 bits per heavy atom. The summed E-state index contributed by atoms with van der Waals surface area (Å²) in [6.07, 6.45) is 0. The summed E-state index contributed by atoms with van der Waals surface area (Å²) in [7, 11) is 3.39. The lowest BCUT2D eigenvalue weighted by molar-refractivity contribution is 0.195. The summed E-state index contributed by atoms with van der Waals surface area (Å²) in [6, 6.07) is 14.8. The van der Waals surface area contributed by atoms with Gasteiger partial charge in [-0.05, 0) is 29.8 Å². The summed E-state index contributed by atoms with van der Waals surface area (Å²) >= 11 is 3.60. The van der Waals surface area contributed by atoms with Crippen LogP contribution in [0.25, 0.3) is 0 Å². The Morgan fingerprint density at radius 3 is 2.50 bits per heavy atom. The van der Waals surface area contributed by atoms with Crippen LogP contribution in [-0.4, -0.2) is 45.3 Å². The lowest BCUT2D eigenvalue weighted by Crippen LogP contribution is -2.45. The predicted molar refractivity (Wildman–Crippen MR) is 100.0 cm³/mol. The van der Waals surface area contributed by atoms with E-state index in [1.165, 1.54) is 11.1 Å². The van der Waals surface area contributed by atoms with E-state index in [0.717, 1.165) is 42.2 Å². The van der Waals surface area contributed by atoms with Crippen molar-refractivity contribution in [3.8, 4) is 11.5 Å². The maximum atomic E-state index is 5.68. The van der Waals surface area contributed by atoms with Crippen LogP contribution in [0.4, 0.5) is 0 Å². The van der Waals surface area contributed by atoms with Crippen molar-refractivity contribution in [1.82, 2.24) is 10.2 Å². The van der Waals surface area contributed by atoms with Gasteiger partial charge < -0.3 is 14.8 Å². The van der Waals surface area contributed by atoms with Crippen molar-refractivity contribution in [2.24, 2.45) is 0 Å². The van der Waals surface area contributed by atoms with E-state index >= 15 is 0 Å². The maximum Gasteiger partial charge on any atom is 0.127 e. The van der Waals surface area contributed by atoms with Crippen LogP contribution < -0.4 is 14.8 Å². The number of halogens is 1. The van der Waals surface area contributed by atoms with Crippen molar-refractivity contribution in [3.63, 3.8) is 0 Å². The van der Waals surface area contributed by atoms with Crippen LogP contribution >= 0.6 is 15.9 Å². The molecule has 0 spiro atoms. The van der Waals surface area contributed by atoms with Gasteiger partial charge in [-0.25, -0.2) is 0 Å². The molecule has 0 radical (unpaired) electrons. The Morgan fingerprint density at radius 1 is 1.04 bits per heavy atom. The Kier molecular flexibility index (Phi) is 5.76. The molecule has 0 amide bonds. The molecule has 0 saturated carbocycles. The first-order valence-corrected chi connectivity index (χ1v) is 8.94. The zero-order valence-corrected chi connectivity index (χ0v) is 15.7. The fourth-order valence-corrected chi connectivity index (χ4v) is 3.67. The molecule has 1 aliphatic heterocycles. The number of hydrogen-bond acceptors (Lipinski definition) is 4. The van der Waals surface area contributed by atoms with Gasteiger partial charge in [-0.2, -0.15) is 0 Å². The van der Waals surface area contributed by atoms with Crippen molar-refractivity contribution in [2.75, 3.05) is 40.4 Å². The number of ether oxygens (including phenoxy) is 2. The Balaban J connectivity index is 2.07. The van der Waals surface area contributed by atoms with Gasteiger partial charge in [0.15, 0.2) is 0 Å². The molecule has 4 nitrogen and oxygen atoms in total. The molecule has 0 bridgehead atoms. The van der Waals surface area contributed by atoms with Gasteiger partial charge >= 0.3 is 0 Å². The molecule has 1 unspecified atom stereocenters. The summed E-state index contributed by atoms with van der Waals surface area (Å²) in [5.41, 5.74) is 2.42. The first-order valence-electron chi connectivity index (χ1n) is 8.15. The van der Waals surface area contributed by atoms with E-state index in [4.69, 9.17) is 9.47 Å². The van der Waals surface area contributed by atoms with E-state index in [1.54, 1.807) is 14.2 Å². The number of piperazine rings is 1. The molecule has 1 N–H and O–H groups in total. The first-order chi connectivity index (χ1) is 11.7. The second-order valence-corrected chi connectivity index (χ2v) is 6.77. The SMILES string of the molecule is COc1ccc(C(c2cccc(Br)c2)N2CCNCC2)c(OC)c1. The van der Waals surface area contributed by atoms with Gasteiger partial charge in [-0.3, -0.25) is 4.90 Å². The van der Waals surface area contributed by atoms with Crippen LogP contribution in [0, 0.1) is 0 Å². The number of hydrogen-bond donors (Lipinski definition) is 1. The van der Waals surface area contributed by atoms with Gasteiger partial charge in [0, 0.05) is 42.3 Å². The third-order valence-corrected chi connectivity index (χ3v) is 4.91. The number of benzene rings is 2. The number of nitrogens with one attached hydrogen (secondary N) is 1. The summed E-state index contributed by atoms with van der Waals surface area (Å²) in [4.78, 5) is 2.50. The van der Waals surface area contributed by atoms with Gasteiger partial charge in [-0.15, -0.1) is 0 Å². The highest BCUT2D eigenvalue weighted by molar-refractivity contribution is 9.10. The minimum Gasteiger partial charge on any atom is -0.497 e. The smallest absolute Gasteiger partial charge is 0.127 e. The normalized spacial score (nSPS) is 16.6. The molecule has 0 aliphatic carbocycles. The zero-order chi connectivity index (χ0) is 16.9. The van der Waals surface area contributed by atoms with E-state index in [0.29, 0.717) is 0 Å². The number of nitrogens with zero attached hydrogens (tertiary/aromatic N) is 1. The highest BCUT2D eigenvalue weighted by Crippen LogP contribution is 2.37. The van der Waals surface area contributed by atoms with Crippen molar-refractivity contribution in [3.05, 3.63) is 58.1 Å². The average molecular weight is 391 g/mol. The van der Waals surface area contributed by atoms with Gasteiger partial charge in [0.2, 0.25) is 0 Å². The topological polar surface area (TPSA) is 33.7 Å². The third kappa shape index (κ3) is 3.74. The summed E-state index contributed by atoms with van der Waals surface area (Å²) in [5.74, 6) is 1.67. The monoisotopic (exact) mass is 390 g/mol. The second-order valence-electron chi connectivity index (χ2n) is 5.85. The third-order valence-electron chi connectivity index (χ3n) is 4.42. The summed E-state index contributed by atoms with van der Waals surface area (Å²) < 4.78 is 12.1. The maximum absolute atomic E-state index is 5.68. The quantitative estimate of drug-likeness (QED) is 0.847. The van der Waals surface area contributed by atoms with Crippen molar-refractivity contribution >= 4 is 15.9 Å². The van der Waals surface area contributed by atoms with E-state index in [-0.39, 0.29) is 6.04 Å². The minimum absolute atomic E-state index is 0.158. The molecule has 128 valence electrons. The molecule has 3 rings (SSSR count). The molecule has 1 aliphatic rings. The van der Waals surface area contributed by atoms with Crippen LogP contribution in [0.5, 0.6) is 11.5 Å². The highest BCUT2D eigenvalue weighted by atomic mass is 79.9. The highest BCUT2D eigenvalue weighted by Gasteiger charge is 2.26. The van der Waals surface area contributed by atoms with Crippen LogP contribution in [0.15, 0.2) is 46.9 Å². The second kappa shape index (κ2) is 8.01. The molecule has 24 heavy (non-hydrogen) atoms. The predicted octanol–water partition coefficient (Wildman–Crippen LogP) is 3.46. The standard InChI is InChI=1S/C19H23BrN2O2/c1-23-16-6-7-17(18(13-16)24-2)19(22-10-8-21-9-11-22)14-4-3-5-15(20)12-14/h3-7,12-13,19,21H,8-11H2,1-2H3. The van der Waals surface area contributed by atoms with E-state index in [2.05, 4.69) is 56.5 Å². The fourth-order valence-electron chi connectivity index (χ4n) is 3.25. The largest absolute Gasteiger partial charge is 0.497 e. The number of methoxy groups -OCH3 is 2.